The van der Waals surface area contributed by atoms with Crippen molar-refractivity contribution in [2.24, 2.45) is 11.5 Å². The molecule has 0 aromatic rings. The highest BCUT2D eigenvalue weighted by Gasteiger charge is 2.09. The average molecular weight is 258 g/mol. The van der Waals surface area contributed by atoms with Gasteiger partial charge in [-0.3, -0.25) is 10.2 Å². The highest BCUT2D eigenvalue weighted by atomic mass is 32.2. The molecule has 0 aromatic carbocycles. The molecule has 16 heavy (non-hydrogen) atoms. The van der Waals surface area contributed by atoms with Gasteiger partial charge < -0.3 is 16.8 Å². The fraction of sp³-hybridized carbons (Fsp3) is 0.333. The van der Waals surface area contributed by atoms with Gasteiger partial charge in [-0.2, -0.15) is 11.8 Å². The largest absolute Gasteiger partial charge is 0.384 e. The second kappa shape index (κ2) is 6.49. The van der Waals surface area contributed by atoms with Crippen LogP contribution in [0.15, 0.2) is 22.2 Å². The van der Waals surface area contributed by atoms with Crippen LogP contribution in [0.2, 0.25) is 0 Å². The van der Waals surface area contributed by atoms with Crippen LogP contribution in [0.1, 0.15) is 6.42 Å². The number of amidine groups is 1. The van der Waals surface area contributed by atoms with Gasteiger partial charge in [0.1, 0.15) is 5.84 Å². The van der Waals surface area contributed by atoms with Crippen molar-refractivity contribution < 1.29 is 4.79 Å². The molecule has 7 heteroatoms. The Bertz CT molecular complexity index is 351. The quantitative estimate of drug-likeness (QED) is 0.316. The number of amides is 1. The van der Waals surface area contributed by atoms with Crippen molar-refractivity contribution in [3.63, 3.8) is 0 Å². The van der Waals surface area contributed by atoms with E-state index >= 15 is 0 Å². The van der Waals surface area contributed by atoms with E-state index in [9.17, 15) is 4.79 Å². The Labute approximate surface area is 103 Å². The molecule has 0 fully saturated rings. The van der Waals surface area contributed by atoms with E-state index in [0.29, 0.717) is 6.42 Å². The first-order valence-electron chi connectivity index (χ1n) is 4.62. The lowest BCUT2D eigenvalue weighted by Gasteiger charge is -2.03. The third kappa shape index (κ3) is 5.13. The summed E-state index contributed by atoms with van der Waals surface area (Å²) < 4.78 is 0. The monoisotopic (exact) mass is 258 g/mol. The lowest BCUT2D eigenvalue weighted by Crippen LogP contribution is -2.13. The third-order valence-electron chi connectivity index (χ3n) is 1.65. The highest BCUT2D eigenvalue weighted by Crippen LogP contribution is 2.25. The number of carbonyl (C=O) groups excluding carboxylic acids is 1. The minimum Gasteiger partial charge on any atom is -0.384 e. The number of thioether (sulfide) groups is 2. The maximum absolute atomic E-state index is 10.5. The molecule has 0 aliphatic carbocycles. The van der Waals surface area contributed by atoms with Crippen LogP contribution in [-0.2, 0) is 4.79 Å². The molecule has 0 spiro atoms. The van der Waals surface area contributed by atoms with E-state index in [4.69, 9.17) is 16.9 Å². The van der Waals surface area contributed by atoms with Crippen LogP contribution in [0.3, 0.4) is 0 Å². The van der Waals surface area contributed by atoms with Gasteiger partial charge in [0.2, 0.25) is 5.91 Å². The predicted octanol–water partition coefficient (Wildman–Crippen LogP) is 0.550. The standard InChI is InChI=1S/C9H14N4OS2/c10-7(11)3-9-13-6(5-16-9)4-15-2-1-8(12)14/h3,5,13H,1-2,4H2,(H3,10,11)(H2,12,14). The van der Waals surface area contributed by atoms with E-state index in [2.05, 4.69) is 5.32 Å². The number of carbonyl (C=O) groups is 1. The summed E-state index contributed by atoms with van der Waals surface area (Å²) in [5.41, 5.74) is 11.3. The van der Waals surface area contributed by atoms with Crippen LogP contribution in [0, 0.1) is 5.41 Å². The first-order chi connectivity index (χ1) is 7.58. The fourth-order valence-electron chi connectivity index (χ4n) is 0.988. The number of rotatable bonds is 6. The minimum atomic E-state index is -0.271. The molecule has 5 nitrogen and oxygen atoms in total. The first-order valence-corrected chi connectivity index (χ1v) is 6.66. The normalized spacial score (nSPS) is 17.0. The molecule has 1 rings (SSSR count). The SMILES string of the molecule is N=C(N)C=C1NC(CSCCC(N)=O)=CS1. The Hall–Kier alpha value is -1.08. The Kier molecular flexibility index (Phi) is 5.27. The third-order valence-corrected chi connectivity index (χ3v) is 3.53. The topological polar surface area (TPSA) is 105 Å². The lowest BCUT2D eigenvalue weighted by molar-refractivity contribution is -0.117. The molecule has 1 amide bonds. The van der Waals surface area contributed by atoms with Gasteiger partial charge in [-0.15, -0.1) is 0 Å². The summed E-state index contributed by atoms with van der Waals surface area (Å²) >= 11 is 3.15. The van der Waals surface area contributed by atoms with Gasteiger partial charge >= 0.3 is 0 Å². The molecule has 0 bridgehead atoms. The van der Waals surface area contributed by atoms with Crippen LogP contribution in [-0.4, -0.2) is 23.2 Å². The zero-order valence-electron chi connectivity index (χ0n) is 8.66. The molecule has 0 atom stereocenters. The highest BCUT2D eigenvalue weighted by molar-refractivity contribution is 8.06. The Balaban J connectivity index is 2.21. The first kappa shape index (κ1) is 13.0. The van der Waals surface area contributed by atoms with E-state index in [1.807, 2.05) is 5.41 Å². The van der Waals surface area contributed by atoms with Crippen LogP contribution in [0.25, 0.3) is 0 Å². The summed E-state index contributed by atoms with van der Waals surface area (Å²) in [4.78, 5) is 10.5. The van der Waals surface area contributed by atoms with E-state index in [0.717, 1.165) is 22.2 Å². The predicted molar refractivity (Wildman–Crippen MR) is 69.9 cm³/mol. The van der Waals surface area contributed by atoms with Gasteiger partial charge in [-0.05, 0) is 5.41 Å². The van der Waals surface area contributed by atoms with Gasteiger partial charge in [0.25, 0.3) is 0 Å². The van der Waals surface area contributed by atoms with Crippen molar-refractivity contribution in [3.8, 4) is 0 Å². The summed E-state index contributed by atoms with van der Waals surface area (Å²) in [6, 6.07) is 0. The molecular formula is C9H14N4OS2. The molecule has 1 heterocycles. The average Bonchev–Trinajstić information content (AvgIpc) is 2.59. The molecule has 88 valence electrons. The van der Waals surface area contributed by atoms with Crippen molar-refractivity contribution in [1.82, 2.24) is 5.32 Å². The lowest BCUT2D eigenvalue weighted by atomic mass is 10.5. The number of primary amides is 1. The number of hydrogen-bond acceptors (Lipinski definition) is 5. The van der Waals surface area contributed by atoms with Gasteiger partial charge in [0, 0.05) is 29.7 Å². The molecule has 0 saturated carbocycles. The van der Waals surface area contributed by atoms with Crippen LogP contribution in [0.5, 0.6) is 0 Å². The Morgan fingerprint density at radius 3 is 3.00 bits per heavy atom. The molecule has 1 aliphatic rings. The van der Waals surface area contributed by atoms with Gasteiger partial charge in [0.15, 0.2) is 0 Å². The second-order valence-corrected chi connectivity index (χ2v) is 5.14. The molecule has 1 aliphatic heterocycles. The van der Waals surface area contributed by atoms with Crippen LogP contribution in [0.4, 0.5) is 0 Å². The van der Waals surface area contributed by atoms with Crippen molar-refractivity contribution in [2.75, 3.05) is 11.5 Å². The molecule has 0 aromatic heterocycles. The fourth-order valence-corrected chi connectivity index (χ4v) is 2.76. The Morgan fingerprint density at radius 1 is 1.62 bits per heavy atom. The number of hydrogen-bond donors (Lipinski definition) is 4. The molecule has 0 unspecified atom stereocenters. The summed E-state index contributed by atoms with van der Waals surface area (Å²) in [5, 5.41) is 13.1. The summed E-state index contributed by atoms with van der Waals surface area (Å²) in [5.74, 6) is 1.29. The number of nitrogens with two attached hydrogens (primary N) is 2. The summed E-state index contributed by atoms with van der Waals surface area (Å²) in [6.07, 6.45) is 1.98. The number of nitrogens with one attached hydrogen (secondary N) is 2. The molecular weight excluding hydrogens is 244 g/mol. The van der Waals surface area contributed by atoms with Crippen molar-refractivity contribution in [3.05, 3.63) is 22.2 Å². The summed E-state index contributed by atoms with van der Waals surface area (Å²) in [7, 11) is 0. The second-order valence-electron chi connectivity index (χ2n) is 3.12. The molecule has 6 N–H and O–H groups in total. The van der Waals surface area contributed by atoms with E-state index in [1.54, 1.807) is 17.8 Å². The van der Waals surface area contributed by atoms with Crippen molar-refractivity contribution in [2.45, 2.75) is 6.42 Å². The maximum atomic E-state index is 10.5. The molecule has 0 saturated heterocycles. The van der Waals surface area contributed by atoms with E-state index in [1.165, 1.54) is 11.8 Å². The zero-order valence-corrected chi connectivity index (χ0v) is 10.3. The van der Waals surface area contributed by atoms with Gasteiger partial charge in [-0.25, -0.2) is 0 Å². The van der Waals surface area contributed by atoms with E-state index in [-0.39, 0.29) is 11.7 Å². The maximum Gasteiger partial charge on any atom is 0.218 e. The smallest absolute Gasteiger partial charge is 0.218 e. The van der Waals surface area contributed by atoms with Gasteiger partial charge in [0.05, 0.1) is 5.03 Å². The van der Waals surface area contributed by atoms with Crippen LogP contribution < -0.4 is 16.8 Å². The minimum absolute atomic E-state index is 0.0334. The van der Waals surface area contributed by atoms with Crippen LogP contribution >= 0.6 is 23.5 Å². The van der Waals surface area contributed by atoms with E-state index < -0.39 is 0 Å². The van der Waals surface area contributed by atoms with Gasteiger partial charge in [-0.1, -0.05) is 11.8 Å². The van der Waals surface area contributed by atoms with Crippen molar-refractivity contribution >= 4 is 35.3 Å². The summed E-state index contributed by atoms with van der Waals surface area (Å²) in [6.45, 7) is 0. The van der Waals surface area contributed by atoms with Crippen molar-refractivity contribution in [1.29, 1.82) is 5.41 Å². The zero-order chi connectivity index (χ0) is 12.0. The Morgan fingerprint density at radius 2 is 2.38 bits per heavy atom. The molecule has 0 radical (unpaired) electrons.